The molecule has 0 saturated carbocycles. The van der Waals surface area contributed by atoms with Crippen molar-refractivity contribution in [3.63, 3.8) is 0 Å². The number of rotatable bonds is 8. The number of carbonyl (C=O) groups excluding carboxylic acids is 1. The van der Waals surface area contributed by atoms with Crippen molar-refractivity contribution in [1.82, 2.24) is 20.2 Å². The molecule has 0 spiro atoms. The molecule has 8 nitrogen and oxygen atoms in total. The lowest BCUT2D eigenvalue weighted by Gasteiger charge is -2.28. The number of tetrazole rings is 1. The Labute approximate surface area is 220 Å². The van der Waals surface area contributed by atoms with Crippen molar-refractivity contribution in [2.75, 3.05) is 11.9 Å². The molecule has 0 bridgehead atoms. The maximum absolute atomic E-state index is 13.2. The Morgan fingerprint density at radius 3 is 2.61 bits per heavy atom. The monoisotopic (exact) mass is 553 g/mol. The first-order valence-electron chi connectivity index (χ1n) is 12.1. The summed E-state index contributed by atoms with van der Waals surface area (Å²) in [5, 5.41) is 15.2. The molecule has 1 aromatic heterocycles. The number of unbranched alkanes of at least 4 members (excludes halogenated alkanes) is 1. The zero-order chi connectivity index (χ0) is 25.9. The quantitative estimate of drug-likeness (QED) is 0.272. The van der Waals surface area contributed by atoms with Crippen LogP contribution < -0.4 is 10.1 Å². The van der Waals surface area contributed by atoms with Gasteiger partial charge in [0.15, 0.2) is 0 Å². The van der Waals surface area contributed by atoms with E-state index in [2.05, 4.69) is 88.7 Å². The minimum Gasteiger partial charge on any atom is -0.489 e. The van der Waals surface area contributed by atoms with E-state index >= 15 is 0 Å². The third kappa shape index (κ3) is 5.61. The Bertz CT molecular complexity index is 1260. The highest BCUT2D eigenvalue weighted by Gasteiger charge is 2.36. The molecule has 9 heteroatoms. The van der Waals surface area contributed by atoms with Crippen LogP contribution in [0.3, 0.4) is 0 Å². The molecular formula is C27H32BrN5O3. The van der Waals surface area contributed by atoms with E-state index in [-0.39, 0.29) is 5.41 Å². The zero-order valence-electron chi connectivity index (χ0n) is 21.3. The van der Waals surface area contributed by atoms with Gasteiger partial charge in [-0.2, -0.15) is 4.68 Å². The van der Waals surface area contributed by atoms with E-state index in [0.29, 0.717) is 36.2 Å². The Morgan fingerprint density at radius 2 is 1.92 bits per heavy atom. The molecule has 0 saturated heterocycles. The van der Waals surface area contributed by atoms with Crippen molar-refractivity contribution in [3.05, 3.63) is 74.9 Å². The number of anilines is 1. The minimum absolute atomic E-state index is 0.0865. The third-order valence-electron chi connectivity index (χ3n) is 6.15. The Hall–Kier alpha value is -3.20. The molecular weight excluding hydrogens is 522 g/mol. The SMILES string of the molecule is CCCCOC(=O)C1=C(C)Nc2nnnn2C1c1cc(Br)ccc1OCc1ccc(C(C)(C)C)cc1. The molecule has 1 unspecified atom stereocenters. The fraction of sp³-hybridized carbons (Fsp3) is 0.407. The van der Waals surface area contributed by atoms with Gasteiger partial charge in [-0.05, 0) is 58.5 Å². The molecule has 0 aliphatic carbocycles. The molecule has 4 rings (SSSR count). The first-order valence-corrected chi connectivity index (χ1v) is 12.9. The van der Waals surface area contributed by atoms with Crippen molar-refractivity contribution in [2.45, 2.75) is 65.5 Å². The topological polar surface area (TPSA) is 91.2 Å². The lowest BCUT2D eigenvalue weighted by atomic mass is 9.87. The molecule has 0 amide bonds. The van der Waals surface area contributed by atoms with Crippen molar-refractivity contribution in [1.29, 1.82) is 0 Å². The van der Waals surface area contributed by atoms with Gasteiger partial charge in [0.05, 0.1) is 12.2 Å². The van der Waals surface area contributed by atoms with Gasteiger partial charge in [0.25, 0.3) is 0 Å². The predicted octanol–water partition coefficient (Wildman–Crippen LogP) is 5.94. The number of hydrogen-bond acceptors (Lipinski definition) is 7. The van der Waals surface area contributed by atoms with Crippen LogP contribution in [0.15, 0.2) is 58.2 Å². The van der Waals surface area contributed by atoms with E-state index in [9.17, 15) is 4.79 Å². The lowest BCUT2D eigenvalue weighted by molar-refractivity contribution is -0.139. The summed E-state index contributed by atoms with van der Waals surface area (Å²) in [6, 6.07) is 13.6. The number of benzene rings is 2. The van der Waals surface area contributed by atoms with Crippen LogP contribution in [0.25, 0.3) is 0 Å². The van der Waals surface area contributed by atoms with Crippen molar-refractivity contribution in [3.8, 4) is 5.75 Å². The zero-order valence-corrected chi connectivity index (χ0v) is 22.9. The van der Waals surface area contributed by atoms with E-state index in [4.69, 9.17) is 9.47 Å². The number of nitrogens with zero attached hydrogens (tertiary/aromatic N) is 4. The van der Waals surface area contributed by atoms with E-state index in [1.807, 2.05) is 25.1 Å². The second kappa shape index (κ2) is 10.8. The third-order valence-corrected chi connectivity index (χ3v) is 6.64. The van der Waals surface area contributed by atoms with Crippen LogP contribution >= 0.6 is 15.9 Å². The summed E-state index contributed by atoms with van der Waals surface area (Å²) >= 11 is 3.58. The number of ether oxygens (including phenoxy) is 2. The van der Waals surface area contributed by atoms with Crippen molar-refractivity contribution in [2.24, 2.45) is 0 Å². The second-order valence-electron chi connectivity index (χ2n) is 9.92. The summed E-state index contributed by atoms with van der Waals surface area (Å²) in [7, 11) is 0. The second-order valence-corrected chi connectivity index (χ2v) is 10.8. The van der Waals surface area contributed by atoms with Crippen LogP contribution in [0, 0.1) is 0 Å². The lowest BCUT2D eigenvalue weighted by Crippen LogP contribution is -2.30. The standard InChI is InChI=1S/C27H32BrN5O3/c1-6-7-14-35-25(34)23-17(2)29-26-30-31-32-33(26)24(23)21-15-20(28)12-13-22(21)36-16-18-8-10-19(11-9-18)27(3,4)5/h8-13,15,24H,6-7,14,16H2,1-5H3,(H,29,30,32). The molecule has 1 atom stereocenters. The van der Waals surface area contributed by atoms with E-state index in [1.165, 1.54) is 5.56 Å². The molecule has 0 radical (unpaired) electrons. The number of nitrogens with one attached hydrogen (secondary N) is 1. The maximum atomic E-state index is 13.2. The normalized spacial score (nSPS) is 15.3. The highest BCUT2D eigenvalue weighted by molar-refractivity contribution is 9.10. The Balaban J connectivity index is 1.68. The average Bonchev–Trinajstić information content (AvgIpc) is 3.30. The largest absolute Gasteiger partial charge is 0.489 e. The summed E-state index contributed by atoms with van der Waals surface area (Å²) < 4.78 is 14.4. The molecule has 3 aromatic rings. The van der Waals surface area contributed by atoms with Crippen LogP contribution in [0.2, 0.25) is 0 Å². The molecule has 36 heavy (non-hydrogen) atoms. The summed E-state index contributed by atoms with van der Waals surface area (Å²) in [5.74, 6) is 0.688. The van der Waals surface area contributed by atoms with Crippen molar-refractivity contribution >= 4 is 27.8 Å². The number of hydrogen-bond donors (Lipinski definition) is 1. The van der Waals surface area contributed by atoms with Gasteiger partial charge in [0.1, 0.15) is 18.4 Å². The number of carbonyl (C=O) groups is 1. The van der Waals surface area contributed by atoms with Gasteiger partial charge in [-0.25, -0.2) is 4.79 Å². The highest BCUT2D eigenvalue weighted by Crippen LogP contribution is 2.40. The summed E-state index contributed by atoms with van der Waals surface area (Å²) in [6.07, 6.45) is 1.73. The summed E-state index contributed by atoms with van der Waals surface area (Å²) in [4.78, 5) is 13.2. The molecule has 1 aliphatic heterocycles. The average molecular weight is 554 g/mol. The smallest absolute Gasteiger partial charge is 0.338 e. The van der Waals surface area contributed by atoms with Crippen LogP contribution in [0.5, 0.6) is 5.75 Å². The molecule has 2 aromatic carbocycles. The van der Waals surface area contributed by atoms with Crippen LogP contribution in [0.1, 0.15) is 70.2 Å². The number of halogens is 1. The van der Waals surface area contributed by atoms with Gasteiger partial charge in [0, 0.05) is 15.7 Å². The molecule has 1 aliphatic rings. The fourth-order valence-corrected chi connectivity index (χ4v) is 4.46. The van der Waals surface area contributed by atoms with Crippen LogP contribution in [0.4, 0.5) is 5.95 Å². The first kappa shape index (κ1) is 25.9. The van der Waals surface area contributed by atoms with E-state index < -0.39 is 12.0 Å². The van der Waals surface area contributed by atoms with Crippen LogP contribution in [-0.4, -0.2) is 32.8 Å². The van der Waals surface area contributed by atoms with Crippen LogP contribution in [-0.2, 0) is 21.6 Å². The number of aromatic nitrogens is 4. The number of esters is 1. The molecule has 190 valence electrons. The fourth-order valence-electron chi connectivity index (χ4n) is 4.08. The minimum atomic E-state index is -0.610. The predicted molar refractivity (Wildman–Crippen MR) is 142 cm³/mol. The van der Waals surface area contributed by atoms with Gasteiger partial charge >= 0.3 is 5.97 Å². The Kier molecular flexibility index (Phi) is 7.78. The van der Waals surface area contributed by atoms with Gasteiger partial charge in [0.2, 0.25) is 5.95 Å². The molecule has 2 heterocycles. The molecule has 0 fully saturated rings. The summed E-state index contributed by atoms with van der Waals surface area (Å²) in [6.45, 7) is 11.2. The number of fused-ring (bicyclic) bond motifs is 1. The maximum Gasteiger partial charge on any atom is 0.338 e. The van der Waals surface area contributed by atoms with Gasteiger partial charge in [-0.15, -0.1) is 0 Å². The van der Waals surface area contributed by atoms with Gasteiger partial charge in [-0.3, -0.25) is 0 Å². The number of allylic oxidation sites excluding steroid dienone is 1. The van der Waals surface area contributed by atoms with Gasteiger partial charge in [-0.1, -0.05) is 79.4 Å². The Morgan fingerprint density at radius 1 is 1.17 bits per heavy atom. The summed E-state index contributed by atoms with van der Waals surface area (Å²) in [5.41, 5.74) is 4.26. The highest BCUT2D eigenvalue weighted by atomic mass is 79.9. The van der Waals surface area contributed by atoms with E-state index in [1.54, 1.807) is 4.68 Å². The molecule has 1 N–H and O–H groups in total. The van der Waals surface area contributed by atoms with Crippen molar-refractivity contribution < 1.29 is 14.3 Å². The first-order chi connectivity index (χ1) is 17.2. The van der Waals surface area contributed by atoms with E-state index in [0.717, 1.165) is 28.4 Å². The van der Waals surface area contributed by atoms with Gasteiger partial charge < -0.3 is 14.8 Å².